The summed E-state index contributed by atoms with van der Waals surface area (Å²) in [5.41, 5.74) is 8.30. The molecule has 3 rings (SSSR count). The van der Waals surface area contributed by atoms with E-state index in [1.807, 2.05) is 0 Å². The van der Waals surface area contributed by atoms with Crippen LogP contribution in [-0.2, 0) is 0 Å². The molecule has 110 valence electrons. The summed E-state index contributed by atoms with van der Waals surface area (Å²) >= 11 is 0. The lowest BCUT2D eigenvalue weighted by atomic mass is 10.3. The smallest absolute Gasteiger partial charge is 0.395 e. The van der Waals surface area contributed by atoms with Crippen molar-refractivity contribution in [1.29, 1.82) is 0 Å². The summed E-state index contributed by atoms with van der Waals surface area (Å²) in [4.78, 5) is 7.76. The molecule has 0 bridgehead atoms. The predicted molar refractivity (Wildman–Crippen MR) is 70.2 cm³/mol. The molecule has 0 saturated heterocycles. The first-order chi connectivity index (χ1) is 9.95. The zero-order chi connectivity index (χ0) is 15.0. The molecule has 1 aromatic carbocycles. The maximum absolute atomic E-state index is 12.9. The number of ether oxygens (including phenoxy) is 2. The summed E-state index contributed by atoms with van der Waals surface area (Å²) in [6, 6.07) is 5.72. The molecule has 1 aliphatic heterocycles. The van der Waals surface area contributed by atoms with Crippen molar-refractivity contribution in [3.8, 4) is 11.5 Å². The number of nitrogen functional groups attached to an aromatic ring is 2. The van der Waals surface area contributed by atoms with Crippen molar-refractivity contribution in [3.63, 3.8) is 0 Å². The van der Waals surface area contributed by atoms with E-state index in [0.717, 1.165) is 0 Å². The van der Waals surface area contributed by atoms with Crippen LogP contribution >= 0.6 is 0 Å². The molecule has 8 nitrogen and oxygen atoms in total. The summed E-state index contributed by atoms with van der Waals surface area (Å²) in [7, 11) is 0. The van der Waals surface area contributed by atoms with Gasteiger partial charge in [0.15, 0.2) is 11.5 Å². The molecule has 21 heavy (non-hydrogen) atoms. The average molecular weight is 296 g/mol. The van der Waals surface area contributed by atoms with Gasteiger partial charge in [-0.15, -0.1) is 8.78 Å². The van der Waals surface area contributed by atoms with Gasteiger partial charge < -0.3 is 25.9 Å². The van der Waals surface area contributed by atoms with Crippen molar-refractivity contribution in [2.45, 2.75) is 6.29 Å². The molecule has 0 radical (unpaired) electrons. The van der Waals surface area contributed by atoms with Crippen LogP contribution in [0.15, 0.2) is 24.3 Å². The van der Waals surface area contributed by atoms with E-state index in [1.165, 1.54) is 24.3 Å². The summed E-state index contributed by atoms with van der Waals surface area (Å²) in [5, 5.41) is 2.87. The van der Waals surface area contributed by atoms with Crippen molar-refractivity contribution in [2.75, 3.05) is 16.5 Å². The van der Waals surface area contributed by atoms with Crippen LogP contribution in [-0.4, -0.2) is 16.3 Å². The van der Waals surface area contributed by atoms with Gasteiger partial charge >= 0.3 is 6.29 Å². The second-order valence-electron chi connectivity index (χ2n) is 4.09. The number of hydrogen-bond acceptors (Lipinski definition) is 8. The van der Waals surface area contributed by atoms with E-state index in [9.17, 15) is 8.78 Å². The monoisotopic (exact) mass is 296 g/mol. The highest BCUT2D eigenvalue weighted by molar-refractivity contribution is 5.64. The number of nitrogens with zero attached hydrogens (tertiary/aromatic N) is 2. The molecule has 2 heterocycles. The second kappa shape index (κ2) is 4.59. The molecule has 6 N–H and O–H groups in total. The largest absolute Gasteiger partial charge is 0.586 e. The lowest BCUT2D eigenvalue weighted by Gasteiger charge is -2.08. The maximum atomic E-state index is 12.9. The van der Waals surface area contributed by atoms with Crippen molar-refractivity contribution < 1.29 is 18.3 Å². The van der Waals surface area contributed by atoms with E-state index < -0.39 is 6.29 Å². The highest BCUT2D eigenvalue weighted by Gasteiger charge is 2.43. The van der Waals surface area contributed by atoms with Gasteiger partial charge in [-0.25, -0.2) is 5.84 Å². The van der Waals surface area contributed by atoms with Gasteiger partial charge in [0, 0.05) is 17.8 Å². The first-order valence-corrected chi connectivity index (χ1v) is 5.73. The van der Waals surface area contributed by atoms with Gasteiger partial charge in [0.25, 0.3) is 0 Å². The van der Waals surface area contributed by atoms with E-state index >= 15 is 0 Å². The molecule has 0 spiro atoms. The van der Waals surface area contributed by atoms with Gasteiger partial charge in [-0.1, -0.05) is 0 Å². The van der Waals surface area contributed by atoms with Crippen molar-refractivity contribution >= 4 is 23.3 Å². The Morgan fingerprint density at radius 2 is 1.76 bits per heavy atom. The highest BCUT2D eigenvalue weighted by Crippen LogP contribution is 2.42. The van der Waals surface area contributed by atoms with Crippen LogP contribution in [0.5, 0.6) is 11.5 Å². The Kier molecular flexibility index (Phi) is 2.87. The molecule has 2 aromatic rings. The van der Waals surface area contributed by atoms with E-state index in [4.69, 9.17) is 11.6 Å². The Hall–Kier alpha value is -2.88. The quantitative estimate of drug-likeness (QED) is 0.495. The third kappa shape index (κ3) is 2.69. The molecular formula is C11H10F2N6O2. The number of benzene rings is 1. The number of rotatable bonds is 3. The van der Waals surface area contributed by atoms with Crippen molar-refractivity contribution in [1.82, 2.24) is 9.97 Å². The van der Waals surface area contributed by atoms with Gasteiger partial charge in [0.05, 0.1) is 0 Å². The standard InChI is InChI=1S/C11H10F2N6O2/c12-11(13)20-6-2-1-5(3-7(6)21-11)16-8-4-9(19-15)18-10(14)17-8/h1-4H,15H2,(H4,14,16,17,18,19). The van der Waals surface area contributed by atoms with Crippen LogP contribution in [0.2, 0.25) is 0 Å². The Bertz CT molecular complexity index is 696. The summed E-state index contributed by atoms with van der Waals surface area (Å²) in [6.07, 6.45) is -3.66. The fourth-order valence-corrected chi connectivity index (χ4v) is 1.78. The number of hydrogen-bond donors (Lipinski definition) is 4. The van der Waals surface area contributed by atoms with Crippen LogP contribution in [0, 0.1) is 0 Å². The molecule has 0 saturated carbocycles. The number of nitrogens with one attached hydrogen (secondary N) is 2. The van der Waals surface area contributed by atoms with Crippen LogP contribution in [0.4, 0.5) is 32.1 Å². The molecule has 10 heteroatoms. The fraction of sp³-hybridized carbons (Fsp3) is 0.0909. The number of hydrazine groups is 1. The summed E-state index contributed by atoms with van der Waals surface area (Å²) in [6.45, 7) is 0. The third-order valence-corrected chi connectivity index (χ3v) is 2.56. The zero-order valence-corrected chi connectivity index (χ0v) is 10.4. The highest BCUT2D eigenvalue weighted by atomic mass is 19.3. The number of aromatic nitrogens is 2. The Morgan fingerprint density at radius 3 is 2.52 bits per heavy atom. The number of halogens is 2. The Balaban J connectivity index is 1.85. The normalized spacial score (nSPS) is 14.8. The summed E-state index contributed by atoms with van der Waals surface area (Å²) < 4.78 is 34.5. The van der Waals surface area contributed by atoms with E-state index in [-0.39, 0.29) is 17.4 Å². The average Bonchev–Trinajstić information content (AvgIpc) is 2.71. The number of nitrogens with two attached hydrogens (primary N) is 2. The van der Waals surface area contributed by atoms with E-state index in [2.05, 4.69) is 30.2 Å². The van der Waals surface area contributed by atoms with Gasteiger partial charge in [-0.2, -0.15) is 9.97 Å². The molecule has 0 atom stereocenters. The van der Waals surface area contributed by atoms with Crippen LogP contribution in [0.3, 0.4) is 0 Å². The third-order valence-electron chi connectivity index (χ3n) is 2.56. The molecule has 0 unspecified atom stereocenters. The first-order valence-electron chi connectivity index (χ1n) is 5.73. The number of alkyl halides is 2. The second-order valence-corrected chi connectivity index (χ2v) is 4.09. The number of anilines is 4. The zero-order valence-electron chi connectivity index (χ0n) is 10.4. The van der Waals surface area contributed by atoms with Gasteiger partial charge in [-0.3, -0.25) is 0 Å². The molecular weight excluding hydrogens is 286 g/mol. The van der Waals surface area contributed by atoms with Crippen LogP contribution in [0.1, 0.15) is 0 Å². The predicted octanol–water partition coefficient (Wildman–Crippen LogP) is 1.41. The van der Waals surface area contributed by atoms with Crippen LogP contribution in [0.25, 0.3) is 0 Å². The SMILES string of the molecule is NNc1cc(Nc2ccc3c(c2)OC(F)(F)O3)nc(N)n1. The first kappa shape index (κ1) is 13.1. The minimum atomic E-state index is -3.66. The van der Waals surface area contributed by atoms with Gasteiger partial charge in [0.1, 0.15) is 11.6 Å². The lowest BCUT2D eigenvalue weighted by Crippen LogP contribution is -2.25. The van der Waals surface area contributed by atoms with Crippen LogP contribution < -0.4 is 31.8 Å². The van der Waals surface area contributed by atoms with Crippen molar-refractivity contribution in [3.05, 3.63) is 24.3 Å². The van der Waals surface area contributed by atoms with E-state index in [0.29, 0.717) is 17.3 Å². The van der Waals surface area contributed by atoms with Gasteiger partial charge in [0.2, 0.25) is 5.95 Å². The summed E-state index contributed by atoms with van der Waals surface area (Å²) in [5.74, 6) is 5.75. The number of fused-ring (bicyclic) bond motifs is 1. The Morgan fingerprint density at radius 1 is 1.05 bits per heavy atom. The molecule has 0 fully saturated rings. The Labute approximate surface area is 117 Å². The molecule has 0 amide bonds. The maximum Gasteiger partial charge on any atom is 0.586 e. The molecule has 0 aliphatic carbocycles. The van der Waals surface area contributed by atoms with E-state index in [1.54, 1.807) is 0 Å². The fourth-order valence-electron chi connectivity index (χ4n) is 1.78. The minimum absolute atomic E-state index is 0.000210. The molecule has 1 aromatic heterocycles. The van der Waals surface area contributed by atoms with Crippen molar-refractivity contribution in [2.24, 2.45) is 5.84 Å². The topological polar surface area (TPSA) is 120 Å². The minimum Gasteiger partial charge on any atom is -0.395 e. The lowest BCUT2D eigenvalue weighted by molar-refractivity contribution is -0.286. The molecule has 1 aliphatic rings. The van der Waals surface area contributed by atoms with Gasteiger partial charge in [-0.05, 0) is 12.1 Å².